The lowest BCUT2D eigenvalue weighted by Crippen LogP contribution is -2.42. The average Bonchev–Trinajstić information content (AvgIpc) is 2.42. The third kappa shape index (κ3) is 2.68. The van der Waals surface area contributed by atoms with E-state index in [-0.39, 0.29) is 17.9 Å². The molecule has 2 rings (SSSR count). The SMILES string of the molecule is CC1CCC(CN)(C(=O)c2cc(F)ccc2F)CC1. The lowest BCUT2D eigenvalue weighted by molar-refractivity contribution is 0.0690. The Labute approximate surface area is 112 Å². The zero-order chi connectivity index (χ0) is 14.0. The van der Waals surface area contributed by atoms with Crippen molar-refractivity contribution in [1.82, 2.24) is 0 Å². The summed E-state index contributed by atoms with van der Waals surface area (Å²) in [5.41, 5.74) is 4.89. The highest BCUT2D eigenvalue weighted by Gasteiger charge is 2.41. The van der Waals surface area contributed by atoms with Crippen LogP contribution in [0, 0.1) is 23.0 Å². The first-order valence-corrected chi connectivity index (χ1v) is 6.68. The first kappa shape index (κ1) is 14.1. The number of hydrogen-bond acceptors (Lipinski definition) is 2. The molecule has 0 aliphatic heterocycles. The summed E-state index contributed by atoms with van der Waals surface area (Å²) in [5.74, 6) is -1.05. The van der Waals surface area contributed by atoms with Crippen LogP contribution >= 0.6 is 0 Å². The third-order valence-electron chi connectivity index (χ3n) is 4.28. The molecule has 2 nitrogen and oxygen atoms in total. The summed E-state index contributed by atoms with van der Waals surface area (Å²) in [6.45, 7) is 2.32. The smallest absolute Gasteiger partial charge is 0.173 e. The molecule has 104 valence electrons. The number of halogens is 2. The van der Waals surface area contributed by atoms with E-state index in [0.717, 1.165) is 31.0 Å². The second-order valence-electron chi connectivity index (χ2n) is 5.62. The van der Waals surface area contributed by atoms with Crippen LogP contribution in [0.15, 0.2) is 18.2 Å². The van der Waals surface area contributed by atoms with Crippen LogP contribution < -0.4 is 5.73 Å². The van der Waals surface area contributed by atoms with Gasteiger partial charge in [-0.05, 0) is 49.8 Å². The monoisotopic (exact) mass is 267 g/mol. The Kier molecular flexibility index (Phi) is 3.99. The van der Waals surface area contributed by atoms with Crippen molar-refractivity contribution in [3.05, 3.63) is 35.4 Å². The zero-order valence-corrected chi connectivity index (χ0v) is 11.1. The largest absolute Gasteiger partial charge is 0.329 e. The summed E-state index contributed by atoms with van der Waals surface area (Å²) in [6, 6.07) is 3.00. The van der Waals surface area contributed by atoms with Crippen LogP contribution in [0.5, 0.6) is 0 Å². The van der Waals surface area contributed by atoms with Crippen LogP contribution in [0.4, 0.5) is 8.78 Å². The normalized spacial score (nSPS) is 27.3. The van der Waals surface area contributed by atoms with Crippen molar-refractivity contribution in [2.75, 3.05) is 6.54 Å². The van der Waals surface area contributed by atoms with Gasteiger partial charge in [0.05, 0.1) is 5.56 Å². The summed E-state index contributed by atoms with van der Waals surface area (Å²) in [7, 11) is 0. The molecule has 1 aromatic rings. The van der Waals surface area contributed by atoms with Crippen LogP contribution in [0.2, 0.25) is 0 Å². The Bertz CT molecular complexity index is 479. The summed E-state index contributed by atoms with van der Waals surface area (Å²) >= 11 is 0. The Hall–Kier alpha value is -1.29. The fourth-order valence-corrected chi connectivity index (χ4v) is 2.80. The molecule has 0 atom stereocenters. The summed E-state index contributed by atoms with van der Waals surface area (Å²) in [6.07, 6.45) is 3.11. The minimum atomic E-state index is -0.721. The van der Waals surface area contributed by atoms with E-state index in [1.165, 1.54) is 0 Å². The van der Waals surface area contributed by atoms with Crippen molar-refractivity contribution in [3.8, 4) is 0 Å². The van der Waals surface area contributed by atoms with Crippen molar-refractivity contribution in [2.45, 2.75) is 32.6 Å². The van der Waals surface area contributed by atoms with Gasteiger partial charge in [0.1, 0.15) is 11.6 Å². The number of carbonyl (C=O) groups is 1. The van der Waals surface area contributed by atoms with Gasteiger partial charge in [-0.25, -0.2) is 8.78 Å². The maximum Gasteiger partial charge on any atom is 0.173 e. The van der Waals surface area contributed by atoms with Crippen molar-refractivity contribution >= 4 is 5.78 Å². The molecule has 0 spiro atoms. The molecule has 0 bridgehead atoms. The molecule has 0 heterocycles. The Morgan fingerprint density at radius 3 is 2.58 bits per heavy atom. The van der Waals surface area contributed by atoms with Gasteiger partial charge in [-0.1, -0.05) is 6.92 Å². The van der Waals surface area contributed by atoms with Gasteiger partial charge in [-0.3, -0.25) is 4.79 Å². The van der Waals surface area contributed by atoms with Crippen LogP contribution in [0.3, 0.4) is 0 Å². The molecule has 4 heteroatoms. The number of ketones is 1. The quantitative estimate of drug-likeness (QED) is 0.854. The number of hydrogen-bond donors (Lipinski definition) is 1. The second kappa shape index (κ2) is 5.37. The van der Waals surface area contributed by atoms with Crippen LogP contribution in [-0.4, -0.2) is 12.3 Å². The van der Waals surface area contributed by atoms with Gasteiger partial charge in [-0.2, -0.15) is 0 Å². The first-order chi connectivity index (χ1) is 8.98. The van der Waals surface area contributed by atoms with E-state index in [1.807, 2.05) is 0 Å². The van der Waals surface area contributed by atoms with Gasteiger partial charge >= 0.3 is 0 Å². The molecule has 0 amide bonds. The number of carbonyl (C=O) groups excluding carboxylic acids is 1. The predicted octanol–water partition coefficient (Wildman–Crippen LogP) is 3.30. The highest BCUT2D eigenvalue weighted by Crippen LogP contribution is 2.41. The topological polar surface area (TPSA) is 43.1 Å². The minimum Gasteiger partial charge on any atom is -0.329 e. The molecular weight excluding hydrogens is 248 g/mol. The number of rotatable bonds is 3. The Morgan fingerprint density at radius 2 is 2.00 bits per heavy atom. The van der Waals surface area contributed by atoms with E-state index < -0.39 is 17.0 Å². The molecule has 1 aliphatic carbocycles. The fraction of sp³-hybridized carbons (Fsp3) is 0.533. The van der Waals surface area contributed by atoms with Gasteiger partial charge in [-0.15, -0.1) is 0 Å². The van der Waals surface area contributed by atoms with Gasteiger partial charge in [0.2, 0.25) is 0 Å². The fourth-order valence-electron chi connectivity index (χ4n) is 2.80. The first-order valence-electron chi connectivity index (χ1n) is 6.68. The molecule has 2 N–H and O–H groups in total. The molecular formula is C15H19F2NO. The molecule has 1 aliphatic rings. The van der Waals surface area contributed by atoms with Crippen molar-refractivity contribution in [2.24, 2.45) is 17.1 Å². The zero-order valence-electron chi connectivity index (χ0n) is 11.1. The molecule has 0 radical (unpaired) electrons. The van der Waals surface area contributed by atoms with E-state index in [4.69, 9.17) is 5.73 Å². The molecule has 19 heavy (non-hydrogen) atoms. The number of Topliss-reactive ketones (excluding diaryl/α,β-unsaturated/α-hetero) is 1. The van der Waals surface area contributed by atoms with E-state index in [1.54, 1.807) is 0 Å². The number of benzene rings is 1. The van der Waals surface area contributed by atoms with Crippen LogP contribution in [0.1, 0.15) is 43.0 Å². The van der Waals surface area contributed by atoms with Crippen LogP contribution in [0.25, 0.3) is 0 Å². The molecule has 0 saturated heterocycles. The van der Waals surface area contributed by atoms with Crippen molar-refractivity contribution in [3.63, 3.8) is 0 Å². The molecule has 0 aromatic heterocycles. The lowest BCUT2D eigenvalue weighted by atomic mass is 9.67. The lowest BCUT2D eigenvalue weighted by Gasteiger charge is -2.37. The maximum atomic E-state index is 13.7. The van der Waals surface area contributed by atoms with Gasteiger partial charge < -0.3 is 5.73 Å². The molecule has 1 aromatic carbocycles. The highest BCUT2D eigenvalue weighted by molar-refractivity contribution is 6.01. The van der Waals surface area contributed by atoms with Crippen LogP contribution in [-0.2, 0) is 0 Å². The third-order valence-corrected chi connectivity index (χ3v) is 4.28. The number of nitrogens with two attached hydrogens (primary N) is 1. The van der Waals surface area contributed by atoms with Crippen molar-refractivity contribution in [1.29, 1.82) is 0 Å². The predicted molar refractivity (Wildman–Crippen MR) is 69.8 cm³/mol. The maximum absolute atomic E-state index is 13.7. The second-order valence-corrected chi connectivity index (χ2v) is 5.62. The summed E-state index contributed by atoms with van der Waals surface area (Å²) < 4.78 is 26.9. The average molecular weight is 267 g/mol. The molecule has 1 fully saturated rings. The van der Waals surface area contributed by atoms with E-state index in [9.17, 15) is 13.6 Å². The highest BCUT2D eigenvalue weighted by atomic mass is 19.1. The summed E-state index contributed by atoms with van der Waals surface area (Å²) in [5, 5.41) is 0. The van der Waals surface area contributed by atoms with E-state index in [0.29, 0.717) is 18.8 Å². The molecule has 1 saturated carbocycles. The van der Waals surface area contributed by atoms with E-state index >= 15 is 0 Å². The minimum absolute atomic E-state index is 0.167. The standard InChI is InChI=1S/C15H19F2NO/c1-10-4-6-15(9-18,7-5-10)14(19)12-8-11(16)2-3-13(12)17/h2-3,8,10H,4-7,9,18H2,1H3. The van der Waals surface area contributed by atoms with Gasteiger partial charge in [0.25, 0.3) is 0 Å². The van der Waals surface area contributed by atoms with Gasteiger partial charge in [0, 0.05) is 12.0 Å². The van der Waals surface area contributed by atoms with Crippen molar-refractivity contribution < 1.29 is 13.6 Å². The molecule has 0 unspecified atom stereocenters. The van der Waals surface area contributed by atoms with Gasteiger partial charge in [0.15, 0.2) is 5.78 Å². The van der Waals surface area contributed by atoms with E-state index in [2.05, 4.69) is 6.92 Å². The Balaban J connectivity index is 2.33. The Morgan fingerprint density at radius 1 is 1.37 bits per heavy atom. The summed E-state index contributed by atoms with van der Waals surface area (Å²) in [4.78, 5) is 12.5.